The first-order valence-corrected chi connectivity index (χ1v) is 6.94. The molecular formula is C18H11NO3. The first-order valence-electron chi connectivity index (χ1n) is 6.94. The Balaban J connectivity index is 2.38. The van der Waals surface area contributed by atoms with Gasteiger partial charge >= 0.3 is 0 Å². The van der Waals surface area contributed by atoms with Gasteiger partial charge in [0.2, 0.25) is 0 Å². The number of non-ortho nitro benzene ring substituents is 1. The number of hydrogen-bond acceptors (Lipinski definition) is 3. The van der Waals surface area contributed by atoms with E-state index in [1.807, 2.05) is 30.3 Å². The molecule has 0 unspecified atom stereocenters. The van der Waals surface area contributed by atoms with Crippen LogP contribution in [0, 0.1) is 10.1 Å². The number of Topliss-reactive ketones (excluding diaryl/α,β-unsaturated/α-hetero) is 1. The van der Waals surface area contributed by atoms with Crippen molar-refractivity contribution < 1.29 is 9.72 Å². The Hall–Kier alpha value is -3.01. The summed E-state index contributed by atoms with van der Waals surface area (Å²) in [6.45, 7) is 1.52. The zero-order valence-electron chi connectivity index (χ0n) is 11.8. The maximum absolute atomic E-state index is 12.0. The van der Waals surface area contributed by atoms with Crippen molar-refractivity contribution in [2.24, 2.45) is 0 Å². The molecule has 0 heterocycles. The van der Waals surface area contributed by atoms with Gasteiger partial charge < -0.3 is 0 Å². The Morgan fingerprint density at radius 2 is 1.68 bits per heavy atom. The molecule has 0 saturated carbocycles. The third-order valence-electron chi connectivity index (χ3n) is 4.20. The molecule has 0 bridgehead atoms. The van der Waals surface area contributed by atoms with Gasteiger partial charge in [0.1, 0.15) is 0 Å². The molecule has 0 N–H and O–H groups in total. The summed E-state index contributed by atoms with van der Waals surface area (Å²) in [5, 5.41) is 16.4. The van der Waals surface area contributed by atoms with Crippen molar-refractivity contribution in [2.75, 3.05) is 0 Å². The number of rotatable bonds is 2. The average molecular weight is 289 g/mol. The average Bonchev–Trinajstić information content (AvgIpc) is 2.51. The van der Waals surface area contributed by atoms with Crippen molar-refractivity contribution in [3.63, 3.8) is 0 Å². The van der Waals surface area contributed by atoms with Crippen LogP contribution in [0.4, 0.5) is 5.69 Å². The van der Waals surface area contributed by atoms with E-state index in [4.69, 9.17) is 0 Å². The van der Waals surface area contributed by atoms with Gasteiger partial charge in [0.15, 0.2) is 5.78 Å². The van der Waals surface area contributed by atoms with Gasteiger partial charge in [-0.05, 0) is 46.7 Å². The first-order chi connectivity index (χ1) is 10.6. The number of ketones is 1. The van der Waals surface area contributed by atoms with Crippen LogP contribution in [0.3, 0.4) is 0 Å². The first kappa shape index (κ1) is 12.7. The Morgan fingerprint density at radius 1 is 0.955 bits per heavy atom. The minimum atomic E-state index is -0.376. The van der Waals surface area contributed by atoms with Crippen molar-refractivity contribution in [3.8, 4) is 0 Å². The van der Waals surface area contributed by atoms with Gasteiger partial charge in [-0.25, -0.2) is 0 Å². The summed E-state index contributed by atoms with van der Waals surface area (Å²) in [6, 6.07) is 14.5. The van der Waals surface area contributed by atoms with Crippen LogP contribution >= 0.6 is 0 Å². The SMILES string of the molecule is CC(=O)c1cc2cccc3ccc4c([N+](=O)[O-])ccc1c4c32. The lowest BCUT2D eigenvalue weighted by Crippen LogP contribution is -1.97. The van der Waals surface area contributed by atoms with Gasteiger partial charge in [0, 0.05) is 17.0 Å². The smallest absolute Gasteiger partial charge is 0.277 e. The highest BCUT2D eigenvalue weighted by Gasteiger charge is 2.19. The number of hydrogen-bond donors (Lipinski definition) is 0. The second kappa shape index (κ2) is 4.24. The monoisotopic (exact) mass is 289 g/mol. The molecule has 0 aliphatic rings. The summed E-state index contributed by atoms with van der Waals surface area (Å²) in [7, 11) is 0. The van der Waals surface area contributed by atoms with E-state index in [0.717, 1.165) is 26.9 Å². The van der Waals surface area contributed by atoms with Crippen LogP contribution in [0.5, 0.6) is 0 Å². The lowest BCUT2D eigenvalue weighted by atomic mass is 9.90. The number of nitro benzene ring substituents is 1. The summed E-state index contributed by atoms with van der Waals surface area (Å²) in [5.41, 5.74) is 0.673. The highest BCUT2D eigenvalue weighted by atomic mass is 16.6. The zero-order valence-corrected chi connectivity index (χ0v) is 11.8. The summed E-state index contributed by atoms with van der Waals surface area (Å²) in [6.07, 6.45) is 0. The number of nitro groups is 1. The molecule has 0 amide bonds. The molecule has 4 heteroatoms. The number of carbonyl (C=O) groups is 1. The highest BCUT2D eigenvalue weighted by Crippen LogP contribution is 2.40. The summed E-state index contributed by atoms with van der Waals surface area (Å²) < 4.78 is 0. The molecule has 0 saturated heterocycles. The molecule has 4 nitrogen and oxygen atoms in total. The van der Waals surface area contributed by atoms with Crippen LogP contribution in [0.25, 0.3) is 32.3 Å². The van der Waals surface area contributed by atoms with Crippen molar-refractivity contribution in [2.45, 2.75) is 6.92 Å². The van der Waals surface area contributed by atoms with Crippen molar-refractivity contribution in [1.29, 1.82) is 0 Å². The van der Waals surface area contributed by atoms with Crippen LogP contribution in [-0.2, 0) is 0 Å². The number of benzene rings is 4. The molecule has 0 fully saturated rings. The van der Waals surface area contributed by atoms with E-state index in [1.165, 1.54) is 13.0 Å². The minimum Gasteiger partial charge on any atom is -0.294 e. The fourth-order valence-electron chi connectivity index (χ4n) is 3.26. The maximum atomic E-state index is 12.0. The van der Waals surface area contributed by atoms with E-state index in [-0.39, 0.29) is 16.4 Å². The maximum Gasteiger partial charge on any atom is 0.277 e. The Morgan fingerprint density at radius 3 is 2.41 bits per heavy atom. The second-order valence-corrected chi connectivity index (χ2v) is 5.44. The molecule has 0 spiro atoms. The number of carbonyl (C=O) groups excluding carboxylic acids is 1. The predicted molar refractivity (Wildman–Crippen MR) is 86.8 cm³/mol. The molecule has 4 aromatic carbocycles. The molecule has 0 atom stereocenters. The summed E-state index contributed by atoms with van der Waals surface area (Å²) in [4.78, 5) is 22.9. The Labute approximate surface area is 125 Å². The molecule has 4 rings (SSSR count). The van der Waals surface area contributed by atoms with E-state index >= 15 is 0 Å². The van der Waals surface area contributed by atoms with Crippen molar-refractivity contribution >= 4 is 43.8 Å². The van der Waals surface area contributed by atoms with Crippen LogP contribution in [-0.4, -0.2) is 10.7 Å². The second-order valence-electron chi connectivity index (χ2n) is 5.44. The van der Waals surface area contributed by atoms with E-state index in [1.54, 1.807) is 12.1 Å². The van der Waals surface area contributed by atoms with Gasteiger partial charge in [-0.15, -0.1) is 0 Å². The van der Waals surface area contributed by atoms with Crippen LogP contribution in [0.15, 0.2) is 48.5 Å². The van der Waals surface area contributed by atoms with Gasteiger partial charge in [0.05, 0.1) is 10.3 Å². The topological polar surface area (TPSA) is 60.2 Å². The highest BCUT2D eigenvalue weighted by molar-refractivity contribution is 6.28. The number of nitrogens with zero attached hydrogens (tertiary/aromatic N) is 1. The van der Waals surface area contributed by atoms with E-state index < -0.39 is 0 Å². The molecule has 0 aliphatic heterocycles. The zero-order chi connectivity index (χ0) is 15.4. The minimum absolute atomic E-state index is 0.0401. The van der Waals surface area contributed by atoms with Crippen LogP contribution in [0.1, 0.15) is 17.3 Å². The van der Waals surface area contributed by atoms with Crippen LogP contribution < -0.4 is 0 Å². The van der Waals surface area contributed by atoms with Gasteiger partial charge in [0.25, 0.3) is 5.69 Å². The molecule has 0 aliphatic carbocycles. The third kappa shape index (κ3) is 1.55. The third-order valence-corrected chi connectivity index (χ3v) is 4.20. The fraction of sp³-hybridized carbons (Fsp3) is 0.0556. The lowest BCUT2D eigenvalue weighted by Gasteiger charge is -2.13. The van der Waals surface area contributed by atoms with Crippen molar-refractivity contribution in [1.82, 2.24) is 0 Å². The quantitative estimate of drug-likeness (QED) is 0.233. The Bertz CT molecular complexity index is 1080. The molecule has 0 aromatic heterocycles. The standard InChI is InChI=1S/C18H11NO3/c1-10(20)15-9-12-4-2-3-11-5-6-14-16(19(21)22)8-7-13(15)18(14)17(11)12/h2-9H,1H3. The molecule has 0 radical (unpaired) electrons. The van der Waals surface area contributed by atoms with Gasteiger partial charge in [-0.1, -0.05) is 24.3 Å². The van der Waals surface area contributed by atoms with Gasteiger partial charge in [-0.3, -0.25) is 14.9 Å². The van der Waals surface area contributed by atoms with E-state index in [0.29, 0.717) is 10.9 Å². The Kier molecular flexibility index (Phi) is 2.45. The lowest BCUT2D eigenvalue weighted by molar-refractivity contribution is -0.383. The van der Waals surface area contributed by atoms with Gasteiger partial charge in [-0.2, -0.15) is 0 Å². The fourth-order valence-corrected chi connectivity index (χ4v) is 3.26. The van der Waals surface area contributed by atoms with E-state index in [9.17, 15) is 14.9 Å². The molecule has 22 heavy (non-hydrogen) atoms. The van der Waals surface area contributed by atoms with E-state index in [2.05, 4.69) is 0 Å². The van der Waals surface area contributed by atoms with Crippen molar-refractivity contribution in [3.05, 3.63) is 64.2 Å². The predicted octanol–water partition coefficient (Wildman–Crippen LogP) is 4.69. The molecule has 106 valence electrons. The molecule has 4 aromatic rings. The normalized spacial score (nSPS) is 11.5. The molecular weight excluding hydrogens is 278 g/mol. The van der Waals surface area contributed by atoms with Crippen LogP contribution in [0.2, 0.25) is 0 Å². The summed E-state index contributed by atoms with van der Waals surface area (Å²) >= 11 is 0. The summed E-state index contributed by atoms with van der Waals surface area (Å²) in [5.74, 6) is -0.0401. The largest absolute Gasteiger partial charge is 0.294 e.